The fraction of sp³-hybridized carbons (Fsp3) is 0.333. The normalized spacial score (nSPS) is 17.4. The topological polar surface area (TPSA) is 57.6 Å². The SMILES string of the molecule is O=S(=O)(Cc1ccccc1)N(CCO)C1CCc2ccccc21. The highest BCUT2D eigenvalue weighted by Gasteiger charge is 2.34. The largest absolute Gasteiger partial charge is 0.395 e. The standard InChI is InChI=1S/C18H21NO3S/c20-13-12-19(18-11-10-16-8-4-5-9-17(16)18)23(21,22)14-15-6-2-1-3-7-15/h1-9,18,20H,10-14H2. The van der Waals surface area contributed by atoms with Crippen LogP contribution in [-0.4, -0.2) is 31.0 Å². The highest BCUT2D eigenvalue weighted by molar-refractivity contribution is 7.88. The second-order valence-corrected chi connectivity index (χ2v) is 7.75. The number of hydrogen-bond acceptors (Lipinski definition) is 3. The molecule has 0 spiro atoms. The molecule has 2 aromatic carbocycles. The third-order valence-electron chi connectivity index (χ3n) is 4.32. The molecule has 1 unspecified atom stereocenters. The van der Waals surface area contributed by atoms with E-state index in [9.17, 15) is 13.5 Å². The molecule has 0 heterocycles. The summed E-state index contributed by atoms with van der Waals surface area (Å²) >= 11 is 0. The van der Waals surface area contributed by atoms with E-state index in [1.54, 1.807) is 0 Å². The minimum absolute atomic E-state index is 0.0352. The van der Waals surface area contributed by atoms with Gasteiger partial charge in [0.1, 0.15) is 0 Å². The summed E-state index contributed by atoms with van der Waals surface area (Å²) in [4.78, 5) is 0. The van der Waals surface area contributed by atoms with Crippen molar-refractivity contribution < 1.29 is 13.5 Å². The minimum Gasteiger partial charge on any atom is -0.395 e. The highest BCUT2D eigenvalue weighted by atomic mass is 32.2. The zero-order chi connectivity index (χ0) is 16.3. The molecule has 0 aromatic heterocycles. The molecule has 3 rings (SSSR count). The maximum absolute atomic E-state index is 12.9. The van der Waals surface area contributed by atoms with E-state index < -0.39 is 10.0 Å². The maximum Gasteiger partial charge on any atom is 0.218 e. The molecule has 0 amide bonds. The molecular formula is C18H21NO3S. The number of hydrogen-bond donors (Lipinski definition) is 1. The van der Waals surface area contributed by atoms with Gasteiger partial charge in [-0.2, -0.15) is 4.31 Å². The number of benzene rings is 2. The van der Waals surface area contributed by atoms with Crippen molar-refractivity contribution in [1.82, 2.24) is 4.31 Å². The molecule has 1 N–H and O–H groups in total. The molecule has 0 saturated carbocycles. The van der Waals surface area contributed by atoms with Crippen molar-refractivity contribution in [2.75, 3.05) is 13.2 Å². The van der Waals surface area contributed by atoms with Crippen molar-refractivity contribution in [3.05, 3.63) is 71.3 Å². The van der Waals surface area contributed by atoms with Gasteiger partial charge < -0.3 is 5.11 Å². The molecule has 1 atom stereocenters. The molecule has 0 radical (unpaired) electrons. The van der Waals surface area contributed by atoms with Crippen LogP contribution in [0.15, 0.2) is 54.6 Å². The first-order chi connectivity index (χ1) is 11.1. The average molecular weight is 331 g/mol. The predicted octanol–water partition coefficient (Wildman–Crippen LogP) is 2.50. The van der Waals surface area contributed by atoms with Crippen molar-refractivity contribution in [3.63, 3.8) is 0 Å². The van der Waals surface area contributed by atoms with Crippen molar-refractivity contribution >= 4 is 10.0 Å². The van der Waals surface area contributed by atoms with Gasteiger partial charge in [0.2, 0.25) is 10.0 Å². The highest BCUT2D eigenvalue weighted by Crippen LogP contribution is 2.37. The number of fused-ring (bicyclic) bond motifs is 1. The number of sulfonamides is 1. The van der Waals surface area contributed by atoms with Gasteiger partial charge in [0.15, 0.2) is 0 Å². The Morgan fingerprint density at radius 3 is 2.48 bits per heavy atom. The minimum atomic E-state index is -3.49. The lowest BCUT2D eigenvalue weighted by Gasteiger charge is -2.28. The molecule has 122 valence electrons. The van der Waals surface area contributed by atoms with E-state index in [4.69, 9.17) is 0 Å². The first-order valence-corrected chi connectivity index (χ1v) is 9.45. The molecule has 0 aliphatic heterocycles. The summed E-state index contributed by atoms with van der Waals surface area (Å²) < 4.78 is 27.3. The lowest BCUT2D eigenvalue weighted by atomic mass is 10.1. The Morgan fingerprint density at radius 1 is 1.04 bits per heavy atom. The van der Waals surface area contributed by atoms with E-state index in [0.29, 0.717) is 0 Å². The van der Waals surface area contributed by atoms with E-state index in [-0.39, 0.29) is 24.9 Å². The van der Waals surface area contributed by atoms with E-state index in [0.717, 1.165) is 24.0 Å². The molecule has 2 aromatic rings. The van der Waals surface area contributed by atoms with Gasteiger partial charge in [-0.05, 0) is 29.5 Å². The number of aliphatic hydroxyl groups is 1. The molecule has 1 aliphatic rings. The lowest BCUT2D eigenvalue weighted by molar-refractivity contribution is 0.225. The fourth-order valence-electron chi connectivity index (χ4n) is 3.29. The number of rotatable bonds is 6. The van der Waals surface area contributed by atoms with Crippen LogP contribution in [0, 0.1) is 0 Å². The summed E-state index contributed by atoms with van der Waals surface area (Å²) in [6.07, 6.45) is 1.65. The van der Waals surface area contributed by atoms with E-state index in [1.807, 2.05) is 48.5 Å². The van der Waals surface area contributed by atoms with Crippen LogP contribution in [0.5, 0.6) is 0 Å². The molecule has 1 aliphatic carbocycles. The lowest BCUT2D eigenvalue weighted by Crippen LogP contribution is -2.37. The Kier molecular flexibility index (Phi) is 4.80. The third kappa shape index (κ3) is 3.47. The van der Waals surface area contributed by atoms with Crippen molar-refractivity contribution in [1.29, 1.82) is 0 Å². The van der Waals surface area contributed by atoms with Gasteiger partial charge in [0.25, 0.3) is 0 Å². The van der Waals surface area contributed by atoms with Crippen LogP contribution in [0.25, 0.3) is 0 Å². The summed E-state index contributed by atoms with van der Waals surface area (Å²) in [5, 5.41) is 9.37. The predicted molar refractivity (Wildman–Crippen MR) is 90.4 cm³/mol. The van der Waals surface area contributed by atoms with Crippen LogP contribution in [0.3, 0.4) is 0 Å². The number of aliphatic hydroxyl groups excluding tert-OH is 1. The summed E-state index contributed by atoms with van der Waals surface area (Å²) in [7, 11) is -3.49. The van der Waals surface area contributed by atoms with E-state index in [2.05, 4.69) is 6.07 Å². The van der Waals surface area contributed by atoms with Gasteiger partial charge >= 0.3 is 0 Å². The van der Waals surface area contributed by atoms with Crippen LogP contribution in [0.1, 0.15) is 29.2 Å². The third-order valence-corrected chi connectivity index (χ3v) is 6.17. The van der Waals surface area contributed by atoms with Gasteiger partial charge in [-0.3, -0.25) is 0 Å². The Bertz CT molecular complexity index is 759. The molecule has 4 nitrogen and oxygen atoms in total. The van der Waals surface area contributed by atoms with E-state index >= 15 is 0 Å². The quantitative estimate of drug-likeness (QED) is 0.885. The molecular weight excluding hydrogens is 310 g/mol. The summed E-state index contributed by atoms with van der Waals surface area (Å²) in [6.45, 7) is -0.0408. The fourth-order valence-corrected chi connectivity index (χ4v) is 5.03. The molecule has 5 heteroatoms. The summed E-state index contributed by atoms with van der Waals surface area (Å²) in [5.74, 6) is -0.0352. The summed E-state index contributed by atoms with van der Waals surface area (Å²) in [5.41, 5.74) is 3.04. The van der Waals surface area contributed by atoms with Crippen LogP contribution >= 0.6 is 0 Å². The Hall–Kier alpha value is -1.69. The molecule has 0 saturated heterocycles. The Morgan fingerprint density at radius 2 is 1.74 bits per heavy atom. The van der Waals surface area contributed by atoms with Crippen molar-refractivity contribution in [3.8, 4) is 0 Å². The molecule has 0 bridgehead atoms. The first kappa shape index (κ1) is 16.2. The van der Waals surface area contributed by atoms with Crippen LogP contribution in [0.2, 0.25) is 0 Å². The van der Waals surface area contributed by atoms with Gasteiger partial charge in [-0.25, -0.2) is 8.42 Å². The second-order valence-electron chi connectivity index (χ2n) is 5.83. The Labute approximate surface area is 137 Å². The molecule has 23 heavy (non-hydrogen) atoms. The number of nitrogens with zero attached hydrogens (tertiary/aromatic N) is 1. The Balaban J connectivity index is 1.90. The number of aryl methyl sites for hydroxylation is 1. The molecule has 0 fully saturated rings. The van der Waals surface area contributed by atoms with Crippen molar-refractivity contribution in [2.45, 2.75) is 24.6 Å². The van der Waals surface area contributed by atoms with E-state index in [1.165, 1.54) is 9.87 Å². The summed E-state index contributed by atoms with van der Waals surface area (Å²) in [6, 6.07) is 17.0. The van der Waals surface area contributed by atoms with Crippen LogP contribution in [-0.2, 0) is 22.2 Å². The van der Waals surface area contributed by atoms with Crippen LogP contribution in [0.4, 0.5) is 0 Å². The monoisotopic (exact) mass is 331 g/mol. The zero-order valence-corrected chi connectivity index (χ0v) is 13.7. The maximum atomic E-state index is 12.9. The van der Waals surface area contributed by atoms with Gasteiger partial charge in [-0.15, -0.1) is 0 Å². The van der Waals surface area contributed by atoms with Crippen molar-refractivity contribution in [2.24, 2.45) is 0 Å². The smallest absolute Gasteiger partial charge is 0.218 e. The second kappa shape index (κ2) is 6.83. The zero-order valence-electron chi connectivity index (χ0n) is 12.9. The van der Waals surface area contributed by atoms with Gasteiger partial charge in [0, 0.05) is 6.54 Å². The van der Waals surface area contributed by atoms with Crippen LogP contribution < -0.4 is 0 Å². The van der Waals surface area contributed by atoms with Gasteiger partial charge in [0.05, 0.1) is 18.4 Å². The first-order valence-electron chi connectivity index (χ1n) is 7.84. The average Bonchev–Trinajstić information content (AvgIpc) is 2.96. The van der Waals surface area contributed by atoms with Gasteiger partial charge in [-0.1, -0.05) is 54.6 Å².